The van der Waals surface area contributed by atoms with Gasteiger partial charge in [0, 0.05) is 6.07 Å². The molecule has 1 aromatic rings. The van der Waals surface area contributed by atoms with Gasteiger partial charge in [-0.3, -0.25) is 0 Å². The Kier molecular flexibility index (Phi) is 4.63. The molecule has 0 spiro atoms. The fraction of sp³-hybridized carbons (Fsp3) is 0. The average molecular weight is 272 g/mol. The number of hydrogen-bond donors (Lipinski definition) is 0. The van der Waals surface area contributed by atoms with E-state index in [4.69, 9.17) is 0 Å². The molecule has 0 bridgehead atoms. The summed E-state index contributed by atoms with van der Waals surface area (Å²) in [5, 5.41) is 0. The number of carbonyl (C=O) groups is 1. The van der Waals surface area contributed by atoms with Crippen molar-refractivity contribution < 1.29 is 27.1 Å². The zero-order valence-electron chi connectivity index (χ0n) is 9.55. The van der Waals surface area contributed by atoms with E-state index in [-0.39, 0.29) is 11.6 Å². The molecule has 0 aliphatic heterocycles. The molecule has 0 heterocycles. The first-order valence-electron chi connectivity index (χ1n) is 4.92. The summed E-state index contributed by atoms with van der Waals surface area (Å²) in [7, 11) is 0. The van der Waals surface area contributed by atoms with Gasteiger partial charge in [0.05, 0.1) is 5.57 Å². The number of esters is 1. The maximum absolute atomic E-state index is 13.2. The molecule has 0 fully saturated rings. The van der Waals surface area contributed by atoms with Crippen LogP contribution in [-0.4, -0.2) is 5.97 Å². The van der Waals surface area contributed by atoms with Gasteiger partial charge in [0.25, 0.3) is 0 Å². The summed E-state index contributed by atoms with van der Waals surface area (Å²) < 4.78 is 56.5. The van der Waals surface area contributed by atoms with Crippen LogP contribution in [0.25, 0.3) is 0 Å². The molecule has 1 aromatic carbocycles. The van der Waals surface area contributed by atoms with E-state index in [9.17, 15) is 22.4 Å². The van der Waals surface area contributed by atoms with Crippen molar-refractivity contribution in [3.63, 3.8) is 0 Å². The van der Waals surface area contributed by atoms with Crippen molar-refractivity contribution in [2.75, 3.05) is 0 Å². The van der Waals surface area contributed by atoms with Crippen molar-refractivity contribution in [2.24, 2.45) is 0 Å². The molecule has 0 saturated heterocycles. The number of ether oxygens (including phenoxy) is 1. The van der Waals surface area contributed by atoms with Crippen molar-refractivity contribution in [1.29, 1.82) is 0 Å². The van der Waals surface area contributed by atoms with Gasteiger partial charge in [-0.1, -0.05) is 25.3 Å². The van der Waals surface area contributed by atoms with Gasteiger partial charge >= 0.3 is 5.97 Å². The molecule has 6 heteroatoms. The second-order valence-electron chi connectivity index (χ2n) is 3.25. The summed E-state index contributed by atoms with van der Waals surface area (Å²) >= 11 is 0. The van der Waals surface area contributed by atoms with E-state index < -0.39 is 35.0 Å². The lowest BCUT2D eigenvalue weighted by Gasteiger charge is -2.08. The Hall–Kier alpha value is -2.37. The highest BCUT2D eigenvalue weighted by molar-refractivity contribution is 5.93. The van der Waals surface area contributed by atoms with Crippen LogP contribution in [0.15, 0.2) is 43.0 Å². The summed E-state index contributed by atoms with van der Waals surface area (Å²) in [4.78, 5) is 11.5. The number of rotatable bonds is 4. The monoisotopic (exact) mass is 272 g/mol. The predicted octanol–water partition coefficient (Wildman–Crippen LogP) is 3.45. The van der Waals surface area contributed by atoms with Crippen molar-refractivity contribution in [2.45, 2.75) is 0 Å². The highest BCUT2D eigenvalue weighted by atomic mass is 19.2. The van der Waals surface area contributed by atoms with Gasteiger partial charge in [0.2, 0.25) is 17.4 Å². The van der Waals surface area contributed by atoms with E-state index in [1.807, 2.05) is 0 Å². The van der Waals surface area contributed by atoms with Gasteiger partial charge in [-0.2, -0.15) is 8.78 Å². The molecule has 0 aromatic heterocycles. The highest BCUT2D eigenvalue weighted by Crippen LogP contribution is 2.27. The van der Waals surface area contributed by atoms with Crippen LogP contribution in [0, 0.1) is 23.3 Å². The van der Waals surface area contributed by atoms with Crippen molar-refractivity contribution >= 4 is 5.97 Å². The second-order valence-corrected chi connectivity index (χ2v) is 3.25. The van der Waals surface area contributed by atoms with Gasteiger partial charge in [-0.25, -0.2) is 13.6 Å². The van der Waals surface area contributed by atoms with Crippen LogP contribution in [0.4, 0.5) is 17.6 Å². The Morgan fingerprint density at radius 2 is 1.63 bits per heavy atom. The Labute approximate surface area is 106 Å². The number of hydrogen-bond acceptors (Lipinski definition) is 2. The van der Waals surface area contributed by atoms with Gasteiger partial charge in [-0.05, 0) is 6.08 Å². The Morgan fingerprint density at radius 1 is 1.11 bits per heavy atom. The smallest absolute Gasteiger partial charge is 0.343 e. The third kappa shape index (κ3) is 3.09. The minimum absolute atomic E-state index is 0.00992. The maximum Gasteiger partial charge on any atom is 0.343 e. The van der Waals surface area contributed by atoms with Crippen LogP contribution in [-0.2, 0) is 4.79 Å². The molecule has 0 radical (unpaired) electrons. The summed E-state index contributed by atoms with van der Waals surface area (Å²) in [5.41, 5.74) is -0.182. The fourth-order valence-corrected chi connectivity index (χ4v) is 1.14. The normalized spacial score (nSPS) is 11.1. The van der Waals surface area contributed by atoms with E-state index in [1.165, 1.54) is 6.08 Å². The van der Waals surface area contributed by atoms with Crippen LogP contribution in [0.3, 0.4) is 0 Å². The van der Waals surface area contributed by atoms with Gasteiger partial charge in [-0.15, -0.1) is 0 Å². The number of halogens is 4. The third-order valence-corrected chi connectivity index (χ3v) is 2.02. The molecule has 0 aliphatic carbocycles. The van der Waals surface area contributed by atoms with Crippen molar-refractivity contribution in [1.82, 2.24) is 0 Å². The predicted molar refractivity (Wildman–Crippen MR) is 60.4 cm³/mol. The van der Waals surface area contributed by atoms with Crippen LogP contribution in [0.2, 0.25) is 0 Å². The van der Waals surface area contributed by atoms with Gasteiger partial charge < -0.3 is 4.74 Å². The number of benzene rings is 1. The second kappa shape index (κ2) is 5.99. The van der Waals surface area contributed by atoms with Gasteiger partial charge in [0.1, 0.15) is 0 Å². The van der Waals surface area contributed by atoms with Crippen LogP contribution in [0.5, 0.6) is 5.75 Å². The Morgan fingerprint density at radius 3 is 2.05 bits per heavy atom. The maximum atomic E-state index is 13.2. The first-order valence-corrected chi connectivity index (χ1v) is 4.92. The molecule has 0 saturated carbocycles. The van der Waals surface area contributed by atoms with E-state index in [0.29, 0.717) is 0 Å². The van der Waals surface area contributed by atoms with Gasteiger partial charge in [0.15, 0.2) is 11.6 Å². The molecular weight excluding hydrogens is 264 g/mol. The van der Waals surface area contributed by atoms with Crippen molar-refractivity contribution in [3.05, 3.63) is 66.3 Å². The molecule has 0 aliphatic rings. The molecule has 100 valence electrons. The van der Waals surface area contributed by atoms with E-state index in [0.717, 1.165) is 12.2 Å². The Bertz CT molecular complexity index is 550. The zero-order valence-corrected chi connectivity index (χ0v) is 9.55. The summed E-state index contributed by atoms with van der Waals surface area (Å²) in [6.07, 6.45) is 3.40. The topological polar surface area (TPSA) is 26.3 Å². The summed E-state index contributed by atoms with van der Waals surface area (Å²) in [5.74, 6) is -9.61. The number of carbonyl (C=O) groups excluding carboxylic acids is 1. The van der Waals surface area contributed by atoms with Crippen LogP contribution < -0.4 is 4.74 Å². The highest BCUT2D eigenvalue weighted by Gasteiger charge is 2.23. The lowest BCUT2D eigenvalue weighted by atomic mass is 10.2. The van der Waals surface area contributed by atoms with Crippen LogP contribution in [0.1, 0.15) is 0 Å². The van der Waals surface area contributed by atoms with E-state index in [1.54, 1.807) is 0 Å². The quantitative estimate of drug-likeness (QED) is 0.209. The molecule has 0 unspecified atom stereocenters. The lowest BCUT2D eigenvalue weighted by molar-refractivity contribution is -0.130. The third-order valence-electron chi connectivity index (χ3n) is 2.02. The molecule has 0 N–H and O–H groups in total. The molecule has 2 nitrogen and oxygen atoms in total. The van der Waals surface area contributed by atoms with E-state index >= 15 is 0 Å². The largest absolute Gasteiger partial charge is 0.416 e. The average Bonchev–Trinajstić information content (AvgIpc) is 2.38. The lowest BCUT2D eigenvalue weighted by Crippen LogP contribution is -2.13. The summed E-state index contributed by atoms with van der Waals surface area (Å²) in [6.45, 7) is 6.57. The molecular formula is C13H8F4O2. The minimum Gasteiger partial charge on any atom is -0.416 e. The first-order chi connectivity index (χ1) is 8.92. The van der Waals surface area contributed by atoms with Crippen molar-refractivity contribution in [3.8, 4) is 5.75 Å². The first kappa shape index (κ1) is 14.7. The molecule has 1 rings (SSSR count). The molecule has 0 amide bonds. The summed E-state index contributed by atoms with van der Waals surface area (Å²) in [6, 6.07) is 0.00992. The molecule has 19 heavy (non-hydrogen) atoms. The molecule has 0 atom stereocenters. The minimum atomic E-state index is -1.80. The van der Waals surface area contributed by atoms with E-state index in [2.05, 4.69) is 17.9 Å². The zero-order chi connectivity index (χ0) is 14.6. The fourth-order valence-electron chi connectivity index (χ4n) is 1.14. The van der Waals surface area contributed by atoms with Crippen LogP contribution >= 0.6 is 0 Å². The standard InChI is InChI=1S/C13H8F4O2/c1-3-5-7(4-2)13(18)19-12-10(16)8(14)6-9(15)11(12)17/h3-6H,1-2H2/b7-5+. The SMILES string of the molecule is C=C/C=C(\C=C)C(=O)Oc1c(F)c(F)cc(F)c1F. The number of allylic oxidation sites excluding steroid dienone is 2. The Balaban J connectivity index is 3.20.